The number of para-hydroxylation sites is 2. The van der Waals surface area contributed by atoms with E-state index in [4.69, 9.17) is 0 Å². The number of benzene rings is 2. The molecule has 2 aliphatic heterocycles. The fraction of sp³-hybridized carbons (Fsp3) is 0.407. The molecule has 3 unspecified atom stereocenters. The molecule has 8 nitrogen and oxygen atoms in total. The molecule has 2 heterocycles. The summed E-state index contributed by atoms with van der Waals surface area (Å²) < 4.78 is 65.4. The van der Waals surface area contributed by atoms with Crippen LogP contribution in [0.15, 0.2) is 81.1 Å². The van der Waals surface area contributed by atoms with Crippen LogP contribution in [0.3, 0.4) is 0 Å². The average Bonchev–Trinajstić information content (AvgIpc) is 3.41. The van der Waals surface area contributed by atoms with Gasteiger partial charge in [-0.15, -0.1) is 0 Å². The van der Waals surface area contributed by atoms with Gasteiger partial charge in [-0.25, -0.2) is 0 Å². The molecule has 212 valence electrons. The van der Waals surface area contributed by atoms with Gasteiger partial charge >= 0.3 is 0 Å². The minimum Gasteiger partial charge on any atom is -0.355 e. The lowest BCUT2D eigenvalue weighted by Gasteiger charge is -2.26. The Kier molecular flexibility index (Phi) is 9.45. The smallest absolute Gasteiger partial charge is 0.267 e. The number of fused-ring (bicyclic) bond motifs is 2. The van der Waals surface area contributed by atoms with Crippen LogP contribution in [-0.2, 0) is 20.2 Å². The van der Waals surface area contributed by atoms with E-state index in [2.05, 4.69) is 34.9 Å². The maximum atomic E-state index is 11.6. The summed E-state index contributed by atoms with van der Waals surface area (Å²) in [6.07, 6.45) is 5.66. The predicted molar refractivity (Wildman–Crippen MR) is 161 cm³/mol. The lowest BCUT2D eigenvalue weighted by Crippen LogP contribution is -2.32. The van der Waals surface area contributed by atoms with Gasteiger partial charge in [0, 0.05) is 22.9 Å². The predicted octanol–water partition coefficient (Wildman–Crippen LogP) is 6.05. The second-order valence-corrected chi connectivity index (χ2v) is 15.6. The summed E-state index contributed by atoms with van der Waals surface area (Å²) in [6.45, 7) is 6.02. The largest absolute Gasteiger partial charge is 0.355 e. The average molecular weight is 611 g/mol. The number of nitrogens with zero attached hydrogens (tertiary/aromatic N) is 2. The fourth-order valence-corrected chi connectivity index (χ4v) is 7.71. The van der Waals surface area contributed by atoms with Gasteiger partial charge in [0.1, 0.15) is 0 Å². The third-order valence-corrected chi connectivity index (χ3v) is 11.8. The van der Waals surface area contributed by atoms with Gasteiger partial charge in [0.25, 0.3) is 20.2 Å². The van der Waals surface area contributed by atoms with Gasteiger partial charge in [0.15, 0.2) is 0 Å². The summed E-state index contributed by atoms with van der Waals surface area (Å²) in [5, 5.41) is -0.798. The minimum atomic E-state index is -4.11. The van der Waals surface area contributed by atoms with Gasteiger partial charge in [0.2, 0.25) is 0 Å². The van der Waals surface area contributed by atoms with E-state index in [-0.39, 0.29) is 11.8 Å². The summed E-state index contributed by atoms with van der Waals surface area (Å²) in [6, 6.07) is 16.0. The number of hydrogen-bond acceptors (Lipinski definition) is 8. The first-order chi connectivity index (χ1) is 18.4. The fourth-order valence-electron chi connectivity index (χ4n) is 4.43. The van der Waals surface area contributed by atoms with Crippen molar-refractivity contribution in [2.45, 2.75) is 65.7 Å². The quantitative estimate of drug-likeness (QED) is 0.292. The standard InChI is InChI=1S/C27H34N2O6S4/c1-4-21(17-26-28(15-13-19(2)38(30,31)32)22-9-5-7-11-24(22)36-26)18-27-29(16-14-20(3)39(33,34)35)23-10-6-8-12-25(23)37-27/h5-12,17-20,26H,4,13-16H2,1-3H3,(H,30,31,32)(H,33,34,35). The van der Waals surface area contributed by atoms with Gasteiger partial charge in [-0.3, -0.25) is 9.11 Å². The Balaban J connectivity index is 1.61. The highest BCUT2D eigenvalue weighted by Gasteiger charge is 2.31. The molecule has 39 heavy (non-hydrogen) atoms. The zero-order chi connectivity index (χ0) is 28.4. The summed E-state index contributed by atoms with van der Waals surface area (Å²) in [5.41, 5.74) is 3.14. The third kappa shape index (κ3) is 7.22. The molecule has 2 aliphatic rings. The van der Waals surface area contributed by atoms with Crippen molar-refractivity contribution in [2.75, 3.05) is 22.9 Å². The minimum absolute atomic E-state index is 0.0513. The van der Waals surface area contributed by atoms with Gasteiger partial charge in [-0.1, -0.05) is 54.7 Å². The van der Waals surface area contributed by atoms with E-state index < -0.39 is 30.7 Å². The Bertz CT molecular complexity index is 1470. The second-order valence-electron chi connectivity index (χ2n) is 9.70. The van der Waals surface area contributed by atoms with Crippen molar-refractivity contribution < 1.29 is 25.9 Å². The number of anilines is 2. The van der Waals surface area contributed by atoms with Crippen molar-refractivity contribution in [3.8, 4) is 0 Å². The van der Waals surface area contributed by atoms with Crippen LogP contribution >= 0.6 is 23.5 Å². The Morgan fingerprint density at radius 3 is 2.08 bits per heavy atom. The number of rotatable bonds is 11. The normalized spacial score (nSPS) is 20.3. The van der Waals surface area contributed by atoms with Gasteiger partial charge in [-0.05, 0) is 75.1 Å². The SMILES string of the molecule is CCC(=CC1Sc2ccccc2N1CCC(C)S(=O)(=O)O)C=C1Sc2ccccc2N1CCC(C)S(=O)(=O)O. The van der Waals surface area contributed by atoms with Gasteiger partial charge < -0.3 is 9.80 Å². The highest BCUT2D eigenvalue weighted by atomic mass is 32.2. The Morgan fingerprint density at radius 2 is 1.46 bits per heavy atom. The molecule has 3 atom stereocenters. The maximum Gasteiger partial charge on any atom is 0.267 e. The van der Waals surface area contributed by atoms with E-state index in [1.54, 1.807) is 23.5 Å². The lowest BCUT2D eigenvalue weighted by molar-refractivity contribution is 0.464. The summed E-state index contributed by atoms with van der Waals surface area (Å²) in [4.78, 5) is 6.48. The molecule has 2 aromatic carbocycles. The molecule has 2 N–H and O–H groups in total. The van der Waals surface area contributed by atoms with E-state index in [0.29, 0.717) is 19.5 Å². The van der Waals surface area contributed by atoms with Crippen LogP contribution in [0.5, 0.6) is 0 Å². The van der Waals surface area contributed by atoms with Crippen LogP contribution in [0.25, 0.3) is 0 Å². The molecule has 0 saturated heterocycles. The van der Waals surface area contributed by atoms with Crippen molar-refractivity contribution in [1.29, 1.82) is 0 Å². The zero-order valence-electron chi connectivity index (χ0n) is 22.1. The molecule has 0 amide bonds. The molecule has 0 radical (unpaired) electrons. The van der Waals surface area contributed by atoms with Crippen LogP contribution < -0.4 is 9.80 Å². The molecule has 4 rings (SSSR count). The highest BCUT2D eigenvalue weighted by Crippen LogP contribution is 2.47. The summed E-state index contributed by atoms with van der Waals surface area (Å²) >= 11 is 3.33. The van der Waals surface area contributed by atoms with E-state index >= 15 is 0 Å². The van der Waals surface area contributed by atoms with E-state index in [0.717, 1.165) is 38.2 Å². The zero-order valence-corrected chi connectivity index (χ0v) is 25.4. The Labute approximate surface area is 240 Å². The first-order valence-corrected chi connectivity index (χ1v) is 17.5. The molecule has 0 saturated carbocycles. The number of thioether (sulfide) groups is 2. The Morgan fingerprint density at radius 1 is 0.897 bits per heavy atom. The van der Waals surface area contributed by atoms with Crippen molar-refractivity contribution in [3.05, 3.63) is 71.3 Å². The van der Waals surface area contributed by atoms with Crippen molar-refractivity contribution in [3.63, 3.8) is 0 Å². The van der Waals surface area contributed by atoms with Crippen LogP contribution in [0.4, 0.5) is 11.4 Å². The van der Waals surface area contributed by atoms with E-state index in [1.807, 2.05) is 42.5 Å². The third-order valence-electron chi connectivity index (χ3n) is 6.99. The van der Waals surface area contributed by atoms with E-state index in [1.165, 1.54) is 13.8 Å². The molecule has 0 bridgehead atoms. The van der Waals surface area contributed by atoms with Crippen LogP contribution in [0, 0.1) is 0 Å². The van der Waals surface area contributed by atoms with Gasteiger partial charge in [0.05, 0.1) is 32.3 Å². The van der Waals surface area contributed by atoms with Crippen LogP contribution in [-0.4, -0.2) is 54.9 Å². The number of hydrogen-bond donors (Lipinski definition) is 2. The summed E-state index contributed by atoms with van der Waals surface area (Å²) in [7, 11) is -8.22. The topological polar surface area (TPSA) is 115 Å². The molecule has 0 aliphatic carbocycles. The van der Waals surface area contributed by atoms with Crippen molar-refractivity contribution >= 4 is 55.1 Å². The van der Waals surface area contributed by atoms with Crippen LogP contribution in [0.2, 0.25) is 0 Å². The molecule has 2 aromatic rings. The summed E-state index contributed by atoms with van der Waals surface area (Å²) in [5.74, 6) is 0. The molecule has 12 heteroatoms. The Hall–Kier alpha value is -1.96. The second kappa shape index (κ2) is 12.3. The monoisotopic (exact) mass is 610 g/mol. The first-order valence-electron chi connectivity index (χ1n) is 12.8. The molecule has 0 spiro atoms. The lowest BCUT2D eigenvalue weighted by atomic mass is 10.1. The van der Waals surface area contributed by atoms with E-state index in [9.17, 15) is 25.9 Å². The van der Waals surface area contributed by atoms with Crippen molar-refractivity contribution in [2.24, 2.45) is 0 Å². The van der Waals surface area contributed by atoms with Gasteiger partial charge in [-0.2, -0.15) is 16.8 Å². The molecule has 0 fully saturated rings. The van der Waals surface area contributed by atoms with Crippen molar-refractivity contribution in [1.82, 2.24) is 0 Å². The molecule has 0 aromatic heterocycles. The molecular formula is C27H34N2O6S4. The first kappa shape index (κ1) is 30.0. The molecular weight excluding hydrogens is 577 g/mol. The highest BCUT2D eigenvalue weighted by molar-refractivity contribution is 8.03. The van der Waals surface area contributed by atoms with Crippen LogP contribution in [0.1, 0.15) is 40.0 Å². The number of allylic oxidation sites excluding steroid dienone is 2. The maximum absolute atomic E-state index is 11.6.